The van der Waals surface area contributed by atoms with Crippen molar-refractivity contribution in [1.82, 2.24) is 10.2 Å². The van der Waals surface area contributed by atoms with E-state index in [-0.39, 0.29) is 18.3 Å². The van der Waals surface area contributed by atoms with Crippen molar-refractivity contribution in [2.45, 2.75) is 18.9 Å². The molecule has 0 saturated carbocycles. The van der Waals surface area contributed by atoms with Crippen molar-refractivity contribution >= 4 is 47.2 Å². The number of hydrogen-bond acceptors (Lipinski definition) is 5. The zero-order chi connectivity index (χ0) is 21.7. The van der Waals surface area contributed by atoms with Crippen molar-refractivity contribution in [3.05, 3.63) is 57.6 Å². The van der Waals surface area contributed by atoms with E-state index in [9.17, 15) is 9.90 Å². The Morgan fingerprint density at radius 2 is 1.90 bits per heavy atom. The van der Waals surface area contributed by atoms with Gasteiger partial charge in [-0.2, -0.15) is 0 Å². The van der Waals surface area contributed by atoms with Crippen LogP contribution in [0.1, 0.15) is 34.9 Å². The van der Waals surface area contributed by atoms with Crippen LogP contribution in [0.15, 0.2) is 36.4 Å². The second-order valence-electron chi connectivity index (χ2n) is 7.60. The molecule has 1 fully saturated rings. The molecule has 1 atom stereocenters. The van der Waals surface area contributed by atoms with Gasteiger partial charge in [-0.05, 0) is 55.6 Å². The number of β-amino-alcohol motifs (C(OH)–C–C–N with tert-alkyl or cyclic N) is 1. The number of likely N-dealkylation sites (tertiary alicyclic amines) is 1. The molecule has 0 bridgehead atoms. The second-order valence-corrected chi connectivity index (χ2v) is 8.44. The first-order valence-electron chi connectivity index (χ1n) is 9.94. The van der Waals surface area contributed by atoms with Gasteiger partial charge in [-0.3, -0.25) is 4.79 Å². The zero-order valence-electron chi connectivity index (χ0n) is 17.3. The predicted molar refractivity (Wildman–Crippen MR) is 128 cm³/mol. The Labute approximate surface area is 199 Å². The van der Waals surface area contributed by atoms with Gasteiger partial charge in [0.2, 0.25) is 0 Å². The molecule has 0 radical (unpaired) electrons. The first-order valence-corrected chi connectivity index (χ1v) is 10.7. The van der Waals surface area contributed by atoms with E-state index in [1.54, 1.807) is 18.2 Å². The van der Waals surface area contributed by atoms with Crippen molar-refractivity contribution in [2.24, 2.45) is 5.92 Å². The van der Waals surface area contributed by atoms with E-state index >= 15 is 0 Å². The molecule has 1 amide bonds. The lowest BCUT2D eigenvalue weighted by atomic mass is 9.96. The quantitative estimate of drug-likeness (QED) is 0.509. The molecule has 2 aromatic rings. The number of aliphatic hydroxyl groups is 1. The largest absolute Gasteiger partial charge is 0.496 e. The summed E-state index contributed by atoms with van der Waals surface area (Å²) in [5.74, 6) is 0.558. The van der Waals surface area contributed by atoms with Crippen LogP contribution in [-0.2, 0) is 0 Å². The number of nitrogen functional groups attached to an aromatic ring is 1. The van der Waals surface area contributed by atoms with Gasteiger partial charge in [-0.15, -0.1) is 12.4 Å². The number of nitrogens with one attached hydrogen (secondary N) is 1. The van der Waals surface area contributed by atoms with E-state index < -0.39 is 6.10 Å². The second kappa shape index (κ2) is 11.8. The predicted octanol–water partition coefficient (Wildman–Crippen LogP) is 4.18. The van der Waals surface area contributed by atoms with Gasteiger partial charge in [0.05, 0.1) is 29.5 Å². The Kier molecular flexibility index (Phi) is 9.72. The topological polar surface area (TPSA) is 87.8 Å². The van der Waals surface area contributed by atoms with Gasteiger partial charge in [-0.1, -0.05) is 35.3 Å². The molecule has 2 aromatic carbocycles. The number of hydrogen-bond donors (Lipinski definition) is 3. The van der Waals surface area contributed by atoms with Crippen molar-refractivity contribution in [3.63, 3.8) is 0 Å². The monoisotopic (exact) mass is 487 g/mol. The lowest BCUT2D eigenvalue weighted by Gasteiger charge is -2.33. The lowest BCUT2D eigenvalue weighted by Crippen LogP contribution is -2.40. The van der Waals surface area contributed by atoms with Gasteiger partial charge in [0.15, 0.2) is 0 Å². The fourth-order valence-electron chi connectivity index (χ4n) is 3.66. The molecule has 1 heterocycles. The highest BCUT2D eigenvalue weighted by Crippen LogP contribution is 2.29. The van der Waals surface area contributed by atoms with E-state index in [0.717, 1.165) is 31.5 Å². The summed E-state index contributed by atoms with van der Waals surface area (Å²) in [5, 5.41) is 14.4. The van der Waals surface area contributed by atoms with E-state index in [2.05, 4.69) is 10.2 Å². The van der Waals surface area contributed by atoms with E-state index in [1.807, 2.05) is 12.1 Å². The molecule has 0 spiro atoms. The van der Waals surface area contributed by atoms with Crippen LogP contribution in [0.5, 0.6) is 5.75 Å². The minimum atomic E-state index is -0.541. The third-order valence-corrected chi connectivity index (χ3v) is 6.09. The Hall–Kier alpha value is -1.70. The van der Waals surface area contributed by atoms with Gasteiger partial charge in [0.1, 0.15) is 5.75 Å². The Morgan fingerprint density at radius 3 is 2.52 bits per heavy atom. The number of aliphatic hydroxyl groups excluding tert-OH is 1. The molecule has 6 nitrogen and oxygen atoms in total. The van der Waals surface area contributed by atoms with Gasteiger partial charge in [0.25, 0.3) is 5.91 Å². The molecule has 1 unspecified atom stereocenters. The van der Waals surface area contributed by atoms with Gasteiger partial charge in [-0.25, -0.2) is 0 Å². The smallest absolute Gasteiger partial charge is 0.255 e. The van der Waals surface area contributed by atoms with Crippen LogP contribution in [0.2, 0.25) is 10.0 Å². The molecule has 3 rings (SSSR count). The number of methoxy groups -OCH3 is 1. The van der Waals surface area contributed by atoms with E-state index in [1.165, 1.54) is 13.2 Å². The maximum absolute atomic E-state index is 12.6. The summed E-state index contributed by atoms with van der Waals surface area (Å²) < 4.78 is 5.25. The molecular weight excluding hydrogens is 461 g/mol. The number of carbonyl (C=O) groups is 1. The molecule has 1 aliphatic rings. The van der Waals surface area contributed by atoms with Crippen LogP contribution in [0.3, 0.4) is 0 Å². The maximum atomic E-state index is 12.6. The number of halogens is 3. The summed E-state index contributed by atoms with van der Waals surface area (Å²) >= 11 is 12.0. The average Bonchev–Trinajstić information content (AvgIpc) is 2.75. The van der Waals surface area contributed by atoms with Crippen LogP contribution in [0, 0.1) is 5.92 Å². The number of benzene rings is 2. The SMILES string of the molecule is COc1cc(N)c(Cl)cc1C(=O)NCC1CCN(CC(O)c2ccc(Cl)cc2)CC1.Cl. The molecule has 9 heteroatoms. The number of ether oxygens (including phenoxy) is 1. The van der Waals surface area contributed by atoms with Gasteiger partial charge in [0, 0.05) is 24.2 Å². The molecule has 1 saturated heterocycles. The van der Waals surface area contributed by atoms with E-state index in [4.69, 9.17) is 33.7 Å². The standard InChI is InChI=1S/C22H27Cl2N3O3.ClH/c1-30-21-11-19(25)18(24)10-17(21)22(29)26-12-14-6-8-27(9-7-14)13-20(28)15-2-4-16(23)5-3-15;/h2-5,10-11,14,20,28H,6-9,12-13,25H2,1H3,(H,26,29);1H. The number of carbonyl (C=O) groups excluding carboxylic acids is 1. The van der Waals surface area contributed by atoms with Crippen molar-refractivity contribution in [1.29, 1.82) is 0 Å². The third kappa shape index (κ3) is 6.89. The highest BCUT2D eigenvalue weighted by Gasteiger charge is 2.23. The summed E-state index contributed by atoms with van der Waals surface area (Å²) in [4.78, 5) is 14.8. The number of piperidine rings is 1. The minimum absolute atomic E-state index is 0. The number of nitrogens with two attached hydrogens (primary N) is 1. The summed E-state index contributed by atoms with van der Waals surface area (Å²) in [6.07, 6.45) is 1.36. The van der Waals surface area contributed by atoms with Gasteiger partial charge >= 0.3 is 0 Å². The highest BCUT2D eigenvalue weighted by molar-refractivity contribution is 6.33. The summed E-state index contributed by atoms with van der Waals surface area (Å²) in [5.41, 5.74) is 7.39. The van der Waals surface area contributed by atoms with Crippen molar-refractivity contribution in [3.8, 4) is 5.75 Å². The molecular formula is C22H28Cl3N3O3. The third-order valence-electron chi connectivity index (χ3n) is 5.51. The molecule has 31 heavy (non-hydrogen) atoms. The minimum Gasteiger partial charge on any atom is -0.496 e. The first-order chi connectivity index (χ1) is 14.4. The fraction of sp³-hybridized carbons (Fsp3) is 0.409. The summed E-state index contributed by atoms with van der Waals surface area (Å²) in [6, 6.07) is 10.4. The van der Waals surface area contributed by atoms with E-state index in [0.29, 0.717) is 46.1 Å². The number of nitrogens with zero attached hydrogens (tertiary/aromatic N) is 1. The molecule has 0 aliphatic carbocycles. The van der Waals surface area contributed by atoms with Crippen LogP contribution in [0.4, 0.5) is 5.69 Å². The first kappa shape index (κ1) is 25.6. The maximum Gasteiger partial charge on any atom is 0.255 e. The van der Waals surface area contributed by atoms with Crippen molar-refractivity contribution < 1.29 is 14.6 Å². The van der Waals surface area contributed by atoms with Crippen LogP contribution in [-0.4, -0.2) is 49.2 Å². The van der Waals surface area contributed by atoms with Crippen molar-refractivity contribution in [2.75, 3.05) is 39.0 Å². The Bertz CT molecular complexity index is 872. The normalized spacial score (nSPS) is 15.7. The lowest BCUT2D eigenvalue weighted by molar-refractivity contribution is 0.0851. The number of anilines is 1. The Morgan fingerprint density at radius 1 is 1.26 bits per heavy atom. The molecule has 1 aliphatic heterocycles. The van der Waals surface area contributed by atoms with Crippen LogP contribution in [0.25, 0.3) is 0 Å². The molecule has 170 valence electrons. The zero-order valence-corrected chi connectivity index (χ0v) is 19.6. The summed E-state index contributed by atoms with van der Waals surface area (Å²) in [6.45, 7) is 2.92. The molecule has 4 N–H and O–H groups in total. The van der Waals surface area contributed by atoms with Gasteiger partial charge < -0.3 is 25.8 Å². The molecule has 0 aromatic heterocycles. The number of amides is 1. The average molecular weight is 489 g/mol. The Balaban J connectivity index is 0.00000341. The highest BCUT2D eigenvalue weighted by atomic mass is 35.5. The van der Waals surface area contributed by atoms with Crippen LogP contribution >= 0.6 is 35.6 Å². The number of rotatable bonds is 7. The summed E-state index contributed by atoms with van der Waals surface area (Å²) in [7, 11) is 1.49. The fourth-order valence-corrected chi connectivity index (χ4v) is 3.95. The van der Waals surface area contributed by atoms with Crippen LogP contribution < -0.4 is 15.8 Å².